The molecule has 3 aliphatic rings. The van der Waals surface area contributed by atoms with E-state index in [1.54, 1.807) is 0 Å². The zero-order valence-corrected chi connectivity index (χ0v) is 14.7. The molecule has 3 aliphatic carbocycles. The van der Waals surface area contributed by atoms with Crippen LogP contribution in [0.25, 0.3) is 0 Å². The molecule has 1 fully saturated rings. The molecule has 0 radical (unpaired) electrons. The van der Waals surface area contributed by atoms with Crippen molar-refractivity contribution in [3.63, 3.8) is 0 Å². The van der Waals surface area contributed by atoms with Crippen molar-refractivity contribution in [2.24, 2.45) is 11.8 Å². The Balaban J connectivity index is 2.19. The summed E-state index contributed by atoms with van der Waals surface area (Å²) in [5.41, 5.74) is 0. The number of alkyl halides is 2. The summed E-state index contributed by atoms with van der Waals surface area (Å²) in [7, 11) is 0. The zero-order valence-electron chi connectivity index (χ0n) is 8.34. The van der Waals surface area contributed by atoms with E-state index in [1.807, 2.05) is 12.2 Å². The van der Waals surface area contributed by atoms with Gasteiger partial charge in [0.15, 0.2) is 11.6 Å². The minimum absolute atomic E-state index is 0.0502. The first kappa shape index (κ1) is 12.8. The van der Waals surface area contributed by atoms with Gasteiger partial charge in [-0.15, -0.1) is 0 Å². The van der Waals surface area contributed by atoms with Crippen LogP contribution in [-0.4, -0.2) is 20.2 Å². The molecule has 1 saturated carbocycles. The van der Waals surface area contributed by atoms with Gasteiger partial charge >= 0.3 is 0 Å². The van der Waals surface area contributed by atoms with Crippen molar-refractivity contribution in [3.05, 3.63) is 21.1 Å². The second kappa shape index (κ2) is 3.64. The summed E-state index contributed by atoms with van der Waals surface area (Å²) >= 11 is 13.7. The number of ketones is 2. The Kier molecular flexibility index (Phi) is 2.73. The lowest BCUT2D eigenvalue weighted by Gasteiger charge is -2.34. The van der Waals surface area contributed by atoms with E-state index in [0.29, 0.717) is 8.96 Å². The molecule has 6 heteroatoms. The molecule has 0 saturated heterocycles. The van der Waals surface area contributed by atoms with Gasteiger partial charge in [-0.25, -0.2) is 0 Å². The first-order chi connectivity index (χ1) is 7.83. The zero-order chi connectivity index (χ0) is 12.6. The van der Waals surface area contributed by atoms with Gasteiger partial charge in [-0.2, -0.15) is 0 Å². The number of hydrogen-bond acceptors (Lipinski definition) is 2. The molecule has 90 valence electrons. The molecule has 0 bridgehead atoms. The number of fused-ring (bicyclic) bond motifs is 3. The first-order valence-electron chi connectivity index (χ1n) is 5.05. The number of carbonyl (C=O) groups is 2. The van der Waals surface area contributed by atoms with Crippen molar-refractivity contribution in [1.29, 1.82) is 0 Å². The van der Waals surface area contributed by atoms with Gasteiger partial charge < -0.3 is 0 Å². The highest BCUT2D eigenvalue weighted by atomic mass is 79.9. The fourth-order valence-corrected chi connectivity index (χ4v) is 6.83. The summed E-state index contributed by atoms with van der Waals surface area (Å²) in [5, 5.41) is 0. The number of halogens is 4. The second-order valence-electron chi connectivity index (χ2n) is 4.56. The van der Waals surface area contributed by atoms with Crippen LogP contribution in [0.3, 0.4) is 0 Å². The predicted octanol–water partition coefficient (Wildman–Crippen LogP) is 3.61. The summed E-state index contributed by atoms with van der Waals surface area (Å²) in [6.45, 7) is 0. The number of Topliss-reactive ketones (excluding diaryl/α,β-unsaturated/α-hetero) is 2. The predicted molar refractivity (Wildman–Crippen MR) is 78.9 cm³/mol. The Labute approximate surface area is 132 Å². The van der Waals surface area contributed by atoms with Crippen molar-refractivity contribution >= 4 is 75.3 Å². The molecule has 0 heterocycles. The van der Waals surface area contributed by atoms with E-state index >= 15 is 0 Å². The molecule has 0 aromatic carbocycles. The normalized spacial score (nSPS) is 48.0. The molecule has 0 aliphatic heterocycles. The third kappa shape index (κ3) is 1.26. The fourth-order valence-electron chi connectivity index (χ4n) is 3.02. The van der Waals surface area contributed by atoms with Crippen LogP contribution in [0.4, 0.5) is 0 Å². The Morgan fingerprint density at radius 3 is 1.65 bits per heavy atom. The van der Waals surface area contributed by atoms with Crippen LogP contribution >= 0.6 is 63.7 Å². The monoisotopic (exact) mass is 486 g/mol. The van der Waals surface area contributed by atoms with Crippen molar-refractivity contribution in [2.45, 2.75) is 15.1 Å². The van der Waals surface area contributed by atoms with Gasteiger partial charge in [0.05, 0.1) is 8.96 Å². The third-order valence-electron chi connectivity index (χ3n) is 3.85. The second-order valence-corrected chi connectivity index (χ2v) is 8.77. The van der Waals surface area contributed by atoms with Gasteiger partial charge in [-0.1, -0.05) is 44.0 Å². The van der Waals surface area contributed by atoms with E-state index in [9.17, 15) is 9.59 Å². The highest BCUT2D eigenvalue weighted by molar-refractivity contribution is 9.14. The van der Waals surface area contributed by atoms with Crippen LogP contribution in [0.5, 0.6) is 0 Å². The van der Waals surface area contributed by atoms with Crippen LogP contribution < -0.4 is 0 Å². The number of allylic oxidation sites excluding steroid dienone is 4. The molecule has 0 N–H and O–H groups in total. The van der Waals surface area contributed by atoms with E-state index in [0.717, 1.165) is 6.42 Å². The molecule has 0 amide bonds. The lowest BCUT2D eigenvalue weighted by atomic mass is 9.86. The van der Waals surface area contributed by atoms with Crippen molar-refractivity contribution in [1.82, 2.24) is 0 Å². The Morgan fingerprint density at radius 1 is 0.941 bits per heavy atom. The van der Waals surface area contributed by atoms with Gasteiger partial charge in [0.1, 0.15) is 8.65 Å². The Morgan fingerprint density at radius 2 is 1.29 bits per heavy atom. The van der Waals surface area contributed by atoms with Crippen molar-refractivity contribution in [2.75, 3.05) is 0 Å². The topological polar surface area (TPSA) is 34.1 Å². The number of rotatable bonds is 0. The van der Waals surface area contributed by atoms with Gasteiger partial charge in [-0.3, -0.25) is 9.59 Å². The maximum Gasteiger partial charge on any atom is 0.188 e. The van der Waals surface area contributed by atoms with Crippen LogP contribution in [0.15, 0.2) is 21.1 Å². The minimum Gasteiger partial charge on any atom is -0.292 e. The molecule has 4 atom stereocenters. The largest absolute Gasteiger partial charge is 0.292 e. The van der Waals surface area contributed by atoms with E-state index in [4.69, 9.17) is 0 Å². The quantitative estimate of drug-likeness (QED) is 0.487. The smallest absolute Gasteiger partial charge is 0.188 e. The van der Waals surface area contributed by atoms with Crippen LogP contribution in [0.2, 0.25) is 0 Å². The van der Waals surface area contributed by atoms with E-state index in [1.165, 1.54) is 0 Å². The summed E-state index contributed by atoms with van der Waals surface area (Å²) in [5.74, 6) is 0.000694. The molecule has 0 aromatic heterocycles. The molecule has 0 spiro atoms. The van der Waals surface area contributed by atoms with E-state index in [2.05, 4.69) is 63.7 Å². The fraction of sp³-hybridized carbons (Fsp3) is 0.455. The Bertz CT molecular complexity index is 478. The summed E-state index contributed by atoms with van der Waals surface area (Å²) in [6, 6.07) is 0. The highest BCUT2D eigenvalue weighted by Gasteiger charge is 2.73. The molecule has 17 heavy (non-hydrogen) atoms. The van der Waals surface area contributed by atoms with Gasteiger partial charge in [0.2, 0.25) is 0 Å². The lowest BCUT2D eigenvalue weighted by Crippen LogP contribution is -2.53. The summed E-state index contributed by atoms with van der Waals surface area (Å²) in [4.78, 5) is 24.7. The lowest BCUT2D eigenvalue weighted by molar-refractivity contribution is -0.122. The summed E-state index contributed by atoms with van der Waals surface area (Å²) in [6.07, 6.45) is 4.61. The van der Waals surface area contributed by atoms with Crippen molar-refractivity contribution < 1.29 is 9.59 Å². The SMILES string of the molecule is O=C1C(Br)=C[C@H]2C[C@H]3C=C(Br)C(=O)[C@@]3(Br)[C@@]12Br. The van der Waals surface area contributed by atoms with Crippen LogP contribution in [0.1, 0.15) is 6.42 Å². The molecular formula is C11H6Br4O2. The molecule has 0 unspecified atom stereocenters. The van der Waals surface area contributed by atoms with Gasteiger partial charge in [0, 0.05) is 11.8 Å². The van der Waals surface area contributed by atoms with E-state index < -0.39 is 8.65 Å². The highest BCUT2D eigenvalue weighted by Crippen LogP contribution is 2.66. The van der Waals surface area contributed by atoms with Crippen LogP contribution in [-0.2, 0) is 9.59 Å². The molecule has 2 nitrogen and oxygen atoms in total. The molecular weight excluding hydrogens is 484 g/mol. The first-order valence-corrected chi connectivity index (χ1v) is 8.22. The van der Waals surface area contributed by atoms with Gasteiger partial charge in [-0.05, 0) is 38.3 Å². The maximum atomic E-state index is 12.3. The van der Waals surface area contributed by atoms with Crippen molar-refractivity contribution in [3.8, 4) is 0 Å². The minimum atomic E-state index is -0.855. The van der Waals surface area contributed by atoms with Crippen LogP contribution in [0, 0.1) is 11.8 Å². The molecule has 0 aromatic rings. The third-order valence-corrected chi connectivity index (χ3v) is 8.78. The van der Waals surface area contributed by atoms with Gasteiger partial charge in [0.25, 0.3) is 0 Å². The number of hydrogen-bond donors (Lipinski definition) is 0. The average Bonchev–Trinajstić information content (AvgIpc) is 2.71. The van der Waals surface area contributed by atoms with E-state index in [-0.39, 0.29) is 23.4 Å². The average molecular weight is 490 g/mol. The summed E-state index contributed by atoms with van der Waals surface area (Å²) < 4.78 is -0.584. The molecule has 3 rings (SSSR count). The Hall–Kier alpha value is 0.740. The standard InChI is InChI=1S/C11H6Br4O2/c12-6-2-4-1-5-3-7(13)9(17)11(5,15)10(4,14)8(6)16/h2-5H,1H2/t4-,5+,10+,11-. The maximum absolute atomic E-state index is 12.3. The number of carbonyl (C=O) groups excluding carboxylic acids is 2.